The molecule has 0 saturated heterocycles. The average molecular weight is 217 g/mol. The number of H-pyrrole nitrogens is 1. The highest BCUT2D eigenvalue weighted by Gasteiger charge is 2.01. The molecule has 0 atom stereocenters. The SMILES string of the molecule is NC1=CC(Oc2cnc(=O)[nH]c2)=CCC=C1. The third kappa shape index (κ3) is 2.60. The molecule has 16 heavy (non-hydrogen) atoms. The molecule has 0 aliphatic heterocycles. The highest BCUT2D eigenvalue weighted by molar-refractivity contribution is 5.31. The average Bonchev–Trinajstić information content (AvgIpc) is 2.46. The molecule has 1 aliphatic carbocycles. The van der Waals surface area contributed by atoms with E-state index in [1.165, 1.54) is 12.4 Å². The van der Waals surface area contributed by atoms with Crippen LogP contribution in [0.15, 0.2) is 52.9 Å². The zero-order chi connectivity index (χ0) is 11.4. The van der Waals surface area contributed by atoms with Gasteiger partial charge in [-0.25, -0.2) is 4.79 Å². The molecule has 0 unspecified atom stereocenters. The molecule has 5 heteroatoms. The van der Waals surface area contributed by atoms with E-state index in [-0.39, 0.29) is 0 Å². The van der Waals surface area contributed by atoms with Gasteiger partial charge in [0.05, 0.1) is 12.4 Å². The van der Waals surface area contributed by atoms with Gasteiger partial charge in [-0.3, -0.25) is 0 Å². The molecule has 0 saturated carbocycles. The maximum atomic E-state index is 10.7. The van der Waals surface area contributed by atoms with Gasteiger partial charge in [-0.15, -0.1) is 0 Å². The second-order valence-corrected chi connectivity index (χ2v) is 3.25. The predicted octanol–water partition coefficient (Wildman–Crippen LogP) is 0.835. The lowest BCUT2D eigenvalue weighted by atomic mass is 10.3. The van der Waals surface area contributed by atoms with Gasteiger partial charge >= 0.3 is 5.69 Å². The normalized spacial score (nSPS) is 15.0. The van der Waals surface area contributed by atoms with Crippen molar-refractivity contribution in [2.24, 2.45) is 5.73 Å². The lowest BCUT2D eigenvalue weighted by molar-refractivity contribution is 0.437. The van der Waals surface area contributed by atoms with Crippen LogP contribution in [0.2, 0.25) is 0 Å². The first-order valence-electron chi connectivity index (χ1n) is 4.80. The van der Waals surface area contributed by atoms with Crippen molar-refractivity contribution in [2.75, 3.05) is 0 Å². The molecular formula is C11H11N3O2. The molecule has 0 bridgehead atoms. The van der Waals surface area contributed by atoms with Gasteiger partial charge in [0, 0.05) is 11.8 Å². The van der Waals surface area contributed by atoms with Crippen molar-refractivity contribution in [1.29, 1.82) is 0 Å². The van der Waals surface area contributed by atoms with E-state index < -0.39 is 5.69 Å². The van der Waals surface area contributed by atoms with E-state index >= 15 is 0 Å². The van der Waals surface area contributed by atoms with Crippen molar-refractivity contribution in [3.8, 4) is 5.75 Å². The second kappa shape index (κ2) is 4.48. The van der Waals surface area contributed by atoms with Crippen LogP contribution >= 0.6 is 0 Å². The van der Waals surface area contributed by atoms with Crippen LogP contribution in [0.1, 0.15) is 6.42 Å². The number of nitrogens with one attached hydrogen (secondary N) is 1. The van der Waals surface area contributed by atoms with Gasteiger partial charge in [0.25, 0.3) is 0 Å². The fourth-order valence-corrected chi connectivity index (χ4v) is 1.25. The Morgan fingerprint density at radius 2 is 2.38 bits per heavy atom. The summed E-state index contributed by atoms with van der Waals surface area (Å²) in [6.45, 7) is 0. The number of hydrogen-bond acceptors (Lipinski definition) is 4. The molecule has 1 aromatic heterocycles. The van der Waals surface area contributed by atoms with Crippen molar-refractivity contribution in [2.45, 2.75) is 6.42 Å². The minimum Gasteiger partial charge on any atom is -0.454 e. The molecule has 1 aromatic rings. The molecule has 2 rings (SSSR count). The molecular weight excluding hydrogens is 206 g/mol. The lowest BCUT2D eigenvalue weighted by Gasteiger charge is -2.04. The summed E-state index contributed by atoms with van der Waals surface area (Å²) in [6, 6.07) is 0. The monoisotopic (exact) mass is 217 g/mol. The number of ether oxygens (including phenoxy) is 1. The number of aromatic amines is 1. The number of hydrogen-bond donors (Lipinski definition) is 2. The van der Waals surface area contributed by atoms with E-state index in [1.54, 1.807) is 6.08 Å². The highest BCUT2D eigenvalue weighted by Crippen LogP contribution is 2.13. The standard InChI is InChI=1S/C11H11N3O2/c12-8-3-1-2-4-9(5-8)16-10-6-13-11(15)14-7-10/h1,3-7H,2,12H2,(H,13,14,15). The van der Waals surface area contributed by atoms with Gasteiger partial charge in [0.2, 0.25) is 0 Å². The van der Waals surface area contributed by atoms with Crippen LogP contribution in [-0.4, -0.2) is 9.97 Å². The van der Waals surface area contributed by atoms with E-state index in [4.69, 9.17) is 10.5 Å². The van der Waals surface area contributed by atoms with Gasteiger partial charge in [-0.1, -0.05) is 6.08 Å². The van der Waals surface area contributed by atoms with E-state index in [9.17, 15) is 4.79 Å². The minimum atomic E-state index is -0.404. The third-order valence-corrected chi connectivity index (χ3v) is 1.96. The number of nitrogens with zero attached hydrogens (tertiary/aromatic N) is 1. The number of rotatable bonds is 2. The van der Waals surface area contributed by atoms with Crippen LogP contribution in [0.3, 0.4) is 0 Å². The Balaban J connectivity index is 2.16. The van der Waals surface area contributed by atoms with Gasteiger partial charge in [0.15, 0.2) is 5.75 Å². The fourth-order valence-electron chi connectivity index (χ4n) is 1.25. The molecule has 5 nitrogen and oxygen atoms in total. The van der Waals surface area contributed by atoms with E-state index in [0.29, 0.717) is 17.2 Å². The summed E-state index contributed by atoms with van der Waals surface area (Å²) in [6.07, 6.45) is 10.9. The topological polar surface area (TPSA) is 81.0 Å². The predicted molar refractivity (Wildman–Crippen MR) is 59.6 cm³/mol. The van der Waals surface area contributed by atoms with Crippen LogP contribution in [0.4, 0.5) is 0 Å². The highest BCUT2D eigenvalue weighted by atomic mass is 16.5. The molecule has 0 fully saturated rings. The Morgan fingerprint density at radius 3 is 3.12 bits per heavy atom. The molecule has 0 spiro atoms. The molecule has 1 heterocycles. The molecule has 82 valence electrons. The lowest BCUT2D eigenvalue weighted by Crippen LogP contribution is -2.08. The Kier molecular flexibility index (Phi) is 2.86. The summed E-state index contributed by atoms with van der Waals surface area (Å²) in [4.78, 5) is 16.7. The summed E-state index contributed by atoms with van der Waals surface area (Å²) in [5, 5.41) is 0. The summed E-state index contributed by atoms with van der Waals surface area (Å²) >= 11 is 0. The van der Waals surface area contributed by atoms with Crippen molar-refractivity contribution < 1.29 is 4.74 Å². The van der Waals surface area contributed by atoms with Crippen LogP contribution in [-0.2, 0) is 0 Å². The van der Waals surface area contributed by atoms with Crippen LogP contribution < -0.4 is 16.2 Å². The Labute approximate surface area is 92.0 Å². The maximum Gasteiger partial charge on any atom is 0.345 e. The molecule has 0 aromatic carbocycles. The summed E-state index contributed by atoms with van der Waals surface area (Å²) < 4.78 is 5.49. The van der Waals surface area contributed by atoms with Crippen molar-refractivity contribution in [3.63, 3.8) is 0 Å². The van der Waals surface area contributed by atoms with Crippen molar-refractivity contribution >= 4 is 0 Å². The number of allylic oxidation sites excluding steroid dienone is 4. The molecule has 0 amide bonds. The number of nitrogens with two attached hydrogens (primary N) is 1. The largest absolute Gasteiger partial charge is 0.454 e. The van der Waals surface area contributed by atoms with E-state index in [0.717, 1.165) is 6.42 Å². The molecule has 3 N–H and O–H groups in total. The quantitative estimate of drug-likeness (QED) is 0.769. The van der Waals surface area contributed by atoms with Crippen molar-refractivity contribution in [1.82, 2.24) is 9.97 Å². The smallest absolute Gasteiger partial charge is 0.345 e. The first kappa shape index (κ1) is 10.2. The summed E-state index contributed by atoms with van der Waals surface area (Å²) in [5.74, 6) is 1.10. The van der Waals surface area contributed by atoms with Gasteiger partial charge in [0.1, 0.15) is 5.76 Å². The fraction of sp³-hybridized carbons (Fsp3) is 0.0909. The molecule has 1 aliphatic rings. The van der Waals surface area contributed by atoms with Crippen molar-refractivity contribution in [3.05, 3.63) is 58.6 Å². The Hall–Kier alpha value is -2.30. The van der Waals surface area contributed by atoms with Gasteiger partial charge in [-0.05, 0) is 18.6 Å². The van der Waals surface area contributed by atoms with E-state index in [2.05, 4.69) is 9.97 Å². The van der Waals surface area contributed by atoms with Crippen LogP contribution in [0, 0.1) is 0 Å². The Bertz CT molecular complexity index is 506. The molecule has 0 radical (unpaired) electrons. The zero-order valence-corrected chi connectivity index (χ0v) is 8.51. The van der Waals surface area contributed by atoms with Gasteiger partial charge < -0.3 is 15.5 Å². The third-order valence-electron chi connectivity index (χ3n) is 1.96. The zero-order valence-electron chi connectivity index (χ0n) is 8.51. The first-order chi connectivity index (χ1) is 7.74. The van der Waals surface area contributed by atoms with E-state index in [1.807, 2.05) is 18.2 Å². The minimum absolute atomic E-state index is 0.404. The Morgan fingerprint density at radius 1 is 1.50 bits per heavy atom. The van der Waals surface area contributed by atoms with Crippen LogP contribution in [0.25, 0.3) is 0 Å². The maximum absolute atomic E-state index is 10.7. The summed E-state index contributed by atoms with van der Waals surface area (Å²) in [5.41, 5.74) is 5.91. The van der Waals surface area contributed by atoms with Crippen LogP contribution in [0.5, 0.6) is 5.75 Å². The second-order valence-electron chi connectivity index (χ2n) is 3.25. The van der Waals surface area contributed by atoms with Gasteiger partial charge in [-0.2, -0.15) is 4.98 Å². The number of aromatic nitrogens is 2. The summed E-state index contributed by atoms with van der Waals surface area (Å²) in [7, 11) is 0. The first-order valence-corrected chi connectivity index (χ1v) is 4.80.